The summed E-state index contributed by atoms with van der Waals surface area (Å²) in [5, 5.41) is 20.8. The lowest BCUT2D eigenvalue weighted by atomic mass is 9.95. The van der Waals surface area contributed by atoms with Crippen molar-refractivity contribution in [3.63, 3.8) is 0 Å². The average Bonchev–Trinajstić information content (AvgIpc) is 3.58. The quantitative estimate of drug-likeness (QED) is 0.0475. The maximum Gasteiger partial charge on any atom is 0.301 e. The van der Waals surface area contributed by atoms with E-state index in [0.717, 1.165) is 5.56 Å². The van der Waals surface area contributed by atoms with Crippen molar-refractivity contribution in [2.24, 2.45) is 0 Å². The zero-order valence-electron chi connectivity index (χ0n) is 22.5. The number of ketones is 1. The number of benzene rings is 3. The van der Waals surface area contributed by atoms with Crippen molar-refractivity contribution in [2.45, 2.75) is 23.1 Å². The molecule has 1 amide bonds. The number of carbonyl (C=O) groups is 2. The molecule has 0 spiro atoms. The molecular weight excluding hydrogens is 594 g/mol. The van der Waals surface area contributed by atoms with Gasteiger partial charge >= 0.3 is 5.91 Å². The molecule has 0 saturated carbocycles. The van der Waals surface area contributed by atoms with Crippen LogP contribution in [-0.2, 0) is 15.3 Å². The Hall–Kier alpha value is -4.12. The Balaban J connectivity index is 1.58. The van der Waals surface area contributed by atoms with E-state index in [9.17, 15) is 14.7 Å². The van der Waals surface area contributed by atoms with Gasteiger partial charge in [-0.15, -0.1) is 10.2 Å². The second-order valence-corrected chi connectivity index (χ2v) is 11.6. The van der Waals surface area contributed by atoms with E-state index in [4.69, 9.17) is 21.1 Å². The Labute approximate surface area is 256 Å². The number of aromatic nitrogens is 2. The first kappa shape index (κ1) is 29.4. The number of halogens is 1. The van der Waals surface area contributed by atoms with Crippen molar-refractivity contribution in [2.75, 3.05) is 18.1 Å². The second-order valence-electron chi connectivity index (χ2n) is 9.00. The summed E-state index contributed by atoms with van der Waals surface area (Å²) in [5.41, 5.74) is 1.81. The van der Waals surface area contributed by atoms with Crippen molar-refractivity contribution < 1.29 is 24.2 Å². The largest absolute Gasteiger partial charge is 0.507 e. The number of rotatable bonds is 11. The zero-order chi connectivity index (χ0) is 29.6. The molecule has 1 aromatic heterocycles. The van der Waals surface area contributed by atoms with Crippen LogP contribution in [0.15, 0.2) is 95.4 Å². The molecule has 11 heteroatoms. The summed E-state index contributed by atoms with van der Waals surface area (Å²) in [5.74, 6) is -0.476. The van der Waals surface area contributed by atoms with Crippen molar-refractivity contribution in [1.29, 1.82) is 0 Å². The average molecular weight is 620 g/mol. The second kappa shape index (κ2) is 13.2. The number of thioether (sulfide) groups is 1. The number of nitrogens with zero attached hydrogens (tertiary/aromatic N) is 3. The van der Waals surface area contributed by atoms with Gasteiger partial charge in [-0.25, -0.2) is 0 Å². The molecule has 1 atom stereocenters. The van der Waals surface area contributed by atoms with Crippen molar-refractivity contribution in [3.8, 4) is 11.5 Å². The number of anilines is 1. The van der Waals surface area contributed by atoms with Crippen LogP contribution in [0.5, 0.6) is 11.5 Å². The molecule has 5 rings (SSSR count). The molecule has 1 unspecified atom stereocenters. The zero-order valence-corrected chi connectivity index (χ0v) is 24.9. The minimum Gasteiger partial charge on any atom is -0.507 e. The number of ether oxygens (including phenoxy) is 2. The number of carbonyl (C=O) groups excluding carboxylic acids is 2. The standard InChI is InChI=1S/C31H26ClN3O5S2/c1-3-16-40-23-15-14-20(17-24(23)39-4-2)26-25(27(36)19-10-6-5-7-11-19)28(37)29(38)35(26)30-33-34-31(42-30)41-18-21-12-8-9-13-22(21)32/h3,5-15,17,26,36H,1,4,16,18H2,2H3. The van der Waals surface area contributed by atoms with Crippen molar-refractivity contribution in [3.05, 3.63) is 113 Å². The van der Waals surface area contributed by atoms with Crippen LogP contribution in [0, 0.1) is 0 Å². The maximum absolute atomic E-state index is 13.6. The summed E-state index contributed by atoms with van der Waals surface area (Å²) < 4.78 is 12.2. The Bertz CT molecular complexity index is 1660. The van der Waals surface area contributed by atoms with Crippen LogP contribution >= 0.6 is 34.7 Å². The predicted molar refractivity (Wildman–Crippen MR) is 165 cm³/mol. The van der Waals surface area contributed by atoms with Crippen LogP contribution in [0.25, 0.3) is 5.76 Å². The lowest BCUT2D eigenvalue weighted by Crippen LogP contribution is -2.29. The summed E-state index contributed by atoms with van der Waals surface area (Å²) in [6, 6.07) is 20.3. The third-order valence-electron chi connectivity index (χ3n) is 6.34. The van der Waals surface area contributed by atoms with Gasteiger partial charge in [0.15, 0.2) is 15.8 Å². The molecule has 3 aromatic carbocycles. The first-order valence-corrected chi connectivity index (χ1v) is 15.2. The Morgan fingerprint density at radius 2 is 1.83 bits per heavy atom. The smallest absolute Gasteiger partial charge is 0.301 e. The van der Waals surface area contributed by atoms with Gasteiger partial charge in [-0.05, 0) is 36.2 Å². The van der Waals surface area contributed by atoms with E-state index in [0.29, 0.717) is 44.3 Å². The van der Waals surface area contributed by atoms with Gasteiger partial charge in [-0.2, -0.15) is 0 Å². The molecule has 1 fully saturated rings. The van der Waals surface area contributed by atoms with Crippen LogP contribution in [0.2, 0.25) is 5.02 Å². The fourth-order valence-corrected chi connectivity index (χ4v) is 6.59. The summed E-state index contributed by atoms with van der Waals surface area (Å²) >= 11 is 8.90. The molecule has 0 bridgehead atoms. The third-order valence-corrected chi connectivity index (χ3v) is 8.82. The fraction of sp³-hybridized carbons (Fsp3) is 0.161. The van der Waals surface area contributed by atoms with Crippen LogP contribution in [0.1, 0.15) is 29.7 Å². The highest BCUT2D eigenvalue weighted by Crippen LogP contribution is 2.45. The molecule has 2 heterocycles. The molecule has 8 nitrogen and oxygen atoms in total. The van der Waals surface area contributed by atoms with E-state index < -0.39 is 17.7 Å². The van der Waals surface area contributed by atoms with Gasteiger partial charge in [0.05, 0.1) is 18.2 Å². The van der Waals surface area contributed by atoms with Crippen LogP contribution in [0.3, 0.4) is 0 Å². The first-order chi connectivity index (χ1) is 20.4. The minimum absolute atomic E-state index is 0.0612. The summed E-state index contributed by atoms with van der Waals surface area (Å²) in [6.07, 6.45) is 1.62. The van der Waals surface area contributed by atoms with Crippen molar-refractivity contribution in [1.82, 2.24) is 10.2 Å². The Morgan fingerprint density at radius 3 is 2.57 bits per heavy atom. The number of aliphatic hydroxyl groups is 1. The SMILES string of the molecule is C=CCOc1ccc(C2C(=C(O)c3ccccc3)C(=O)C(=O)N2c2nnc(SCc3ccccc3Cl)s2)cc1OCC. The number of hydrogen-bond acceptors (Lipinski definition) is 9. The molecular formula is C31H26ClN3O5S2. The van der Waals surface area contributed by atoms with Gasteiger partial charge in [-0.1, -0.05) is 102 Å². The van der Waals surface area contributed by atoms with E-state index in [1.165, 1.54) is 28.0 Å². The highest BCUT2D eigenvalue weighted by molar-refractivity contribution is 8.00. The van der Waals surface area contributed by atoms with Crippen molar-refractivity contribution >= 4 is 57.3 Å². The number of Topliss-reactive ketones (excluding diaryl/α,β-unsaturated/α-hetero) is 1. The van der Waals surface area contributed by atoms with Gasteiger partial charge in [-0.3, -0.25) is 14.5 Å². The number of amides is 1. The van der Waals surface area contributed by atoms with Crippen LogP contribution < -0.4 is 14.4 Å². The molecule has 1 aliphatic rings. The monoisotopic (exact) mass is 619 g/mol. The molecule has 1 saturated heterocycles. The third kappa shape index (κ3) is 6.06. The lowest BCUT2D eigenvalue weighted by molar-refractivity contribution is -0.132. The Kier molecular flexibility index (Phi) is 9.26. The van der Waals surface area contributed by atoms with Gasteiger partial charge in [0.1, 0.15) is 12.4 Å². The molecule has 0 radical (unpaired) electrons. The van der Waals surface area contributed by atoms with E-state index in [2.05, 4.69) is 16.8 Å². The van der Waals surface area contributed by atoms with E-state index in [-0.39, 0.29) is 23.1 Å². The lowest BCUT2D eigenvalue weighted by Gasteiger charge is -2.23. The molecule has 1 N–H and O–H groups in total. The topological polar surface area (TPSA) is 102 Å². The van der Waals surface area contributed by atoms with Gasteiger partial charge in [0.25, 0.3) is 5.78 Å². The summed E-state index contributed by atoms with van der Waals surface area (Å²) in [7, 11) is 0. The van der Waals surface area contributed by atoms with Crippen LogP contribution in [-0.4, -0.2) is 40.2 Å². The maximum atomic E-state index is 13.6. The number of aliphatic hydroxyl groups excluding tert-OH is 1. The molecule has 4 aromatic rings. The molecule has 1 aliphatic heterocycles. The normalized spacial score (nSPS) is 16.0. The minimum atomic E-state index is -0.993. The molecule has 214 valence electrons. The Morgan fingerprint density at radius 1 is 1.07 bits per heavy atom. The highest BCUT2D eigenvalue weighted by atomic mass is 35.5. The molecule has 42 heavy (non-hydrogen) atoms. The van der Waals surface area contributed by atoms with E-state index >= 15 is 0 Å². The summed E-state index contributed by atoms with van der Waals surface area (Å²) in [4.78, 5) is 28.4. The van der Waals surface area contributed by atoms with E-state index in [1.807, 2.05) is 31.2 Å². The molecule has 0 aliphatic carbocycles. The fourth-order valence-electron chi connectivity index (χ4n) is 4.44. The van der Waals surface area contributed by atoms with Gasteiger partial charge < -0.3 is 14.6 Å². The van der Waals surface area contributed by atoms with Gasteiger partial charge in [0, 0.05) is 16.3 Å². The predicted octanol–water partition coefficient (Wildman–Crippen LogP) is 7.07. The number of hydrogen-bond donors (Lipinski definition) is 1. The van der Waals surface area contributed by atoms with Gasteiger partial charge in [0.2, 0.25) is 5.13 Å². The highest BCUT2D eigenvalue weighted by Gasteiger charge is 2.48. The van der Waals surface area contributed by atoms with Crippen LogP contribution in [0.4, 0.5) is 5.13 Å². The first-order valence-electron chi connectivity index (χ1n) is 13.0. The van der Waals surface area contributed by atoms with E-state index in [1.54, 1.807) is 54.6 Å². The summed E-state index contributed by atoms with van der Waals surface area (Å²) in [6.45, 7) is 6.16.